The molecular weight excluding hydrogens is 451 g/mol. The van der Waals surface area contributed by atoms with Gasteiger partial charge in [-0.25, -0.2) is 9.38 Å². The van der Waals surface area contributed by atoms with Gasteiger partial charge in [-0.05, 0) is 55.0 Å². The van der Waals surface area contributed by atoms with Crippen molar-refractivity contribution >= 4 is 34.6 Å². The second-order valence-electron chi connectivity index (χ2n) is 7.62. The predicted octanol–water partition coefficient (Wildman–Crippen LogP) is 5.86. The van der Waals surface area contributed by atoms with Crippen molar-refractivity contribution in [1.82, 2.24) is 10.1 Å². The minimum absolute atomic E-state index is 0.286. The molecule has 0 unspecified atom stereocenters. The molecule has 1 amide bonds. The van der Waals surface area contributed by atoms with E-state index in [0.717, 1.165) is 16.7 Å². The van der Waals surface area contributed by atoms with Crippen molar-refractivity contribution in [2.24, 2.45) is 4.99 Å². The summed E-state index contributed by atoms with van der Waals surface area (Å²) >= 11 is 1.31. The van der Waals surface area contributed by atoms with Crippen molar-refractivity contribution in [3.63, 3.8) is 0 Å². The maximum atomic E-state index is 13.5. The Morgan fingerprint density at radius 1 is 1.00 bits per heavy atom. The van der Waals surface area contributed by atoms with Crippen LogP contribution in [0, 0.1) is 12.7 Å². The van der Waals surface area contributed by atoms with Gasteiger partial charge in [0.2, 0.25) is 0 Å². The summed E-state index contributed by atoms with van der Waals surface area (Å²) in [6.07, 6.45) is 1.73. The van der Waals surface area contributed by atoms with E-state index in [9.17, 15) is 9.18 Å². The average Bonchev–Trinajstić information content (AvgIpc) is 3.44. The molecule has 0 bridgehead atoms. The normalized spacial score (nSPS) is 14.6. The van der Waals surface area contributed by atoms with Crippen LogP contribution in [0.15, 0.2) is 94.1 Å². The molecule has 1 aromatic heterocycles. The number of carbonyl (C=O) groups is 1. The number of aryl methyl sites for hydroxylation is 1. The van der Waals surface area contributed by atoms with E-state index in [0.29, 0.717) is 34.0 Å². The Bertz CT molecular complexity index is 1380. The Hall–Kier alpha value is -4.04. The molecule has 0 atom stereocenters. The molecule has 2 heterocycles. The smallest absolute Gasteiger partial charge is 0.283 e. The molecule has 0 saturated carbocycles. The summed E-state index contributed by atoms with van der Waals surface area (Å²) in [7, 11) is 0. The molecule has 1 aliphatic heterocycles. The number of benzene rings is 3. The summed E-state index contributed by atoms with van der Waals surface area (Å²) in [5.41, 5.74) is 3.67. The molecule has 6 nitrogen and oxygen atoms in total. The van der Waals surface area contributed by atoms with Crippen LogP contribution in [0.2, 0.25) is 0 Å². The van der Waals surface area contributed by atoms with E-state index in [2.05, 4.69) is 15.1 Å². The van der Waals surface area contributed by atoms with E-state index in [-0.39, 0.29) is 11.7 Å². The topological polar surface area (TPSA) is 71.6 Å². The third kappa shape index (κ3) is 4.67. The maximum absolute atomic E-state index is 13.5. The molecule has 0 radical (unpaired) electrons. The number of hydrogen-bond donors (Lipinski definition) is 0. The number of aliphatic imine (C=N–C) groups is 1. The number of rotatable bonds is 5. The third-order valence-electron chi connectivity index (χ3n) is 5.11. The minimum Gasteiger partial charge on any atom is -0.334 e. The SMILES string of the molecule is Cc1ccc(-c2nc(CSC3=N/C(=C\c4ccccc4)C(=O)N3c3ccc(F)cc3)no2)cc1. The predicted molar refractivity (Wildman–Crippen MR) is 132 cm³/mol. The van der Waals surface area contributed by atoms with Crippen LogP contribution in [-0.2, 0) is 10.5 Å². The van der Waals surface area contributed by atoms with Gasteiger partial charge in [0.1, 0.15) is 11.5 Å². The fourth-order valence-electron chi connectivity index (χ4n) is 3.37. The Morgan fingerprint density at radius 3 is 2.47 bits per heavy atom. The summed E-state index contributed by atoms with van der Waals surface area (Å²) in [5, 5.41) is 4.52. The first kappa shape index (κ1) is 21.8. The number of nitrogens with zero attached hydrogens (tertiary/aromatic N) is 4. The number of amides is 1. The molecule has 0 fully saturated rings. The number of hydrogen-bond acceptors (Lipinski definition) is 6. The van der Waals surface area contributed by atoms with Crippen LogP contribution in [0.4, 0.5) is 10.1 Å². The van der Waals surface area contributed by atoms with Crippen molar-refractivity contribution in [3.05, 3.63) is 107 Å². The maximum Gasteiger partial charge on any atom is 0.283 e. The fraction of sp³-hybridized carbons (Fsp3) is 0.0769. The largest absolute Gasteiger partial charge is 0.334 e. The number of halogens is 1. The average molecular weight is 471 g/mol. The molecule has 0 spiro atoms. The van der Waals surface area contributed by atoms with Gasteiger partial charge in [0.15, 0.2) is 11.0 Å². The Balaban J connectivity index is 1.40. The highest BCUT2D eigenvalue weighted by Gasteiger charge is 2.32. The standard InChI is InChI=1S/C26H19FN4O2S/c1-17-7-9-19(10-8-17)24-29-23(30-33-24)16-34-26-28-22(15-18-5-3-2-4-6-18)25(32)31(26)21-13-11-20(27)12-14-21/h2-15H,16H2,1H3/b22-15-. The first-order valence-electron chi connectivity index (χ1n) is 10.5. The molecule has 5 rings (SSSR count). The van der Waals surface area contributed by atoms with Gasteiger partial charge in [-0.2, -0.15) is 4.98 Å². The second-order valence-corrected chi connectivity index (χ2v) is 8.56. The third-order valence-corrected chi connectivity index (χ3v) is 6.05. The highest BCUT2D eigenvalue weighted by molar-refractivity contribution is 8.13. The van der Waals surface area contributed by atoms with Crippen LogP contribution in [0.25, 0.3) is 17.5 Å². The summed E-state index contributed by atoms with van der Waals surface area (Å²) in [4.78, 5) is 23.7. The van der Waals surface area contributed by atoms with Crippen LogP contribution in [0.1, 0.15) is 17.0 Å². The summed E-state index contributed by atoms with van der Waals surface area (Å²) in [6.45, 7) is 2.01. The summed E-state index contributed by atoms with van der Waals surface area (Å²) in [5.74, 6) is 0.594. The minimum atomic E-state index is -0.378. The van der Waals surface area contributed by atoms with Crippen molar-refractivity contribution in [3.8, 4) is 11.5 Å². The van der Waals surface area contributed by atoms with Crippen LogP contribution in [0.3, 0.4) is 0 Å². The van der Waals surface area contributed by atoms with Gasteiger partial charge in [0, 0.05) is 5.56 Å². The lowest BCUT2D eigenvalue weighted by atomic mass is 10.1. The molecule has 0 aliphatic carbocycles. The number of anilines is 1. The van der Waals surface area contributed by atoms with E-state index in [1.165, 1.54) is 28.8 Å². The van der Waals surface area contributed by atoms with Gasteiger partial charge in [-0.3, -0.25) is 9.69 Å². The van der Waals surface area contributed by atoms with Crippen LogP contribution < -0.4 is 4.90 Å². The van der Waals surface area contributed by atoms with Gasteiger partial charge in [0.05, 0.1) is 11.4 Å². The molecule has 0 N–H and O–H groups in total. The Morgan fingerprint density at radius 2 is 1.74 bits per heavy atom. The highest BCUT2D eigenvalue weighted by Crippen LogP contribution is 2.31. The van der Waals surface area contributed by atoms with Crippen molar-refractivity contribution in [1.29, 1.82) is 0 Å². The van der Waals surface area contributed by atoms with E-state index in [4.69, 9.17) is 4.52 Å². The zero-order valence-electron chi connectivity index (χ0n) is 18.2. The summed E-state index contributed by atoms with van der Waals surface area (Å²) in [6, 6.07) is 23.0. The number of aromatic nitrogens is 2. The van der Waals surface area contributed by atoms with Gasteiger partial charge >= 0.3 is 0 Å². The van der Waals surface area contributed by atoms with Gasteiger partial charge < -0.3 is 4.52 Å². The monoisotopic (exact) mass is 470 g/mol. The molecule has 1 aliphatic rings. The number of amidine groups is 1. The Labute approximate surface area is 199 Å². The van der Waals surface area contributed by atoms with Crippen molar-refractivity contribution in [2.45, 2.75) is 12.7 Å². The first-order chi connectivity index (χ1) is 16.6. The molecule has 168 valence electrons. The lowest BCUT2D eigenvalue weighted by Gasteiger charge is -2.17. The zero-order chi connectivity index (χ0) is 23.5. The van der Waals surface area contributed by atoms with Crippen molar-refractivity contribution < 1.29 is 13.7 Å². The lowest BCUT2D eigenvalue weighted by Crippen LogP contribution is -2.30. The van der Waals surface area contributed by atoms with Crippen LogP contribution in [-0.4, -0.2) is 21.2 Å². The number of carbonyl (C=O) groups excluding carboxylic acids is 1. The quantitative estimate of drug-likeness (QED) is 0.342. The second kappa shape index (κ2) is 9.44. The Kier molecular flexibility index (Phi) is 6.05. The van der Waals surface area contributed by atoms with Crippen LogP contribution >= 0.6 is 11.8 Å². The molecular formula is C26H19FN4O2S. The van der Waals surface area contributed by atoms with Gasteiger partial charge in [-0.1, -0.05) is 64.9 Å². The number of thioether (sulfide) groups is 1. The van der Waals surface area contributed by atoms with Crippen molar-refractivity contribution in [2.75, 3.05) is 4.90 Å². The molecule has 34 heavy (non-hydrogen) atoms. The molecule has 0 saturated heterocycles. The van der Waals surface area contributed by atoms with Crippen LogP contribution in [0.5, 0.6) is 0 Å². The molecule has 8 heteroatoms. The lowest BCUT2D eigenvalue weighted by molar-refractivity contribution is -0.113. The van der Waals surface area contributed by atoms with E-state index in [1.807, 2.05) is 61.5 Å². The zero-order valence-corrected chi connectivity index (χ0v) is 19.0. The van der Waals surface area contributed by atoms with E-state index >= 15 is 0 Å². The fourth-order valence-corrected chi connectivity index (χ4v) is 4.23. The first-order valence-corrected chi connectivity index (χ1v) is 11.5. The van der Waals surface area contributed by atoms with E-state index in [1.54, 1.807) is 18.2 Å². The van der Waals surface area contributed by atoms with Gasteiger partial charge in [0.25, 0.3) is 11.8 Å². The molecule has 4 aromatic rings. The molecule has 3 aromatic carbocycles. The van der Waals surface area contributed by atoms with E-state index < -0.39 is 0 Å². The summed E-state index contributed by atoms with van der Waals surface area (Å²) < 4.78 is 18.9. The van der Waals surface area contributed by atoms with Gasteiger partial charge in [-0.15, -0.1) is 0 Å². The highest BCUT2D eigenvalue weighted by atomic mass is 32.2.